The molecule has 1 aromatic heterocycles. The summed E-state index contributed by atoms with van der Waals surface area (Å²) in [6.45, 7) is 1.78. The van der Waals surface area contributed by atoms with Crippen molar-refractivity contribution in [3.8, 4) is 17.2 Å². The first-order valence-electron chi connectivity index (χ1n) is 7.41. The second-order valence-electron chi connectivity index (χ2n) is 5.38. The summed E-state index contributed by atoms with van der Waals surface area (Å²) in [5.41, 5.74) is 4.03. The molecule has 3 rings (SSSR count). The van der Waals surface area contributed by atoms with Crippen molar-refractivity contribution < 1.29 is 24.2 Å². The van der Waals surface area contributed by atoms with Crippen LogP contribution >= 0.6 is 0 Å². The fraction of sp³-hybridized carbons (Fsp3) is 0.111. The number of fused-ring (bicyclic) bond motifs is 1. The number of aromatic hydroxyl groups is 2. The highest BCUT2D eigenvalue weighted by atomic mass is 16.5. The van der Waals surface area contributed by atoms with Gasteiger partial charge in [0, 0.05) is 11.6 Å². The van der Waals surface area contributed by atoms with E-state index in [9.17, 15) is 15.0 Å². The topological polar surface area (TPSA) is 104 Å². The van der Waals surface area contributed by atoms with Gasteiger partial charge in [-0.05, 0) is 36.8 Å². The predicted molar refractivity (Wildman–Crippen MR) is 92.3 cm³/mol. The van der Waals surface area contributed by atoms with Crippen LogP contribution < -0.4 is 10.2 Å². The summed E-state index contributed by atoms with van der Waals surface area (Å²) >= 11 is 0. The molecule has 0 unspecified atom stereocenters. The Morgan fingerprint density at radius 1 is 1.28 bits per heavy atom. The number of furan rings is 1. The van der Waals surface area contributed by atoms with E-state index < -0.39 is 5.91 Å². The quantitative estimate of drug-likeness (QED) is 0.500. The summed E-state index contributed by atoms with van der Waals surface area (Å²) in [7, 11) is 1.49. The summed E-state index contributed by atoms with van der Waals surface area (Å²) < 4.78 is 10.3. The fourth-order valence-corrected chi connectivity index (χ4v) is 2.43. The second-order valence-corrected chi connectivity index (χ2v) is 5.38. The van der Waals surface area contributed by atoms with E-state index in [4.69, 9.17) is 9.15 Å². The predicted octanol–water partition coefficient (Wildman–Crippen LogP) is 2.92. The van der Waals surface area contributed by atoms with Gasteiger partial charge in [-0.25, -0.2) is 5.43 Å². The van der Waals surface area contributed by atoms with Crippen molar-refractivity contribution >= 4 is 23.1 Å². The van der Waals surface area contributed by atoms with Crippen molar-refractivity contribution in [3.05, 3.63) is 53.3 Å². The number of nitrogens with zero attached hydrogens (tertiary/aromatic N) is 1. The smallest absolute Gasteiger partial charge is 0.275 e. The maximum atomic E-state index is 12.2. The Labute approximate surface area is 143 Å². The molecule has 0 saturated carbocycles. The standard InChI is InChI=1S/C18H16N2O5/c1-10-9-25-15-6-5-13(17(22)16(10)15)18(23)20-19-8-11-3-4-12(24-2)7-14(11)21/h3-9,21-22H,1-2H3,(H,20,23)/b19-8+. The van der Waals surface area contributed by atoms with Crippen molar-refractivity contribution in [2.45, 2.75) is 6.92 Å². The van der Waals surface area contributed by atoms with E-state index in [1.807, 2.05) is 0 Å². The van der Waals surface area contributed by atoms with Gasteiger partial charge in [0.25, 0.3) is 5.91 Å². The minimum absolute atomic E-state index is 0.0318. The maximum Gasteiger partial charge on any atom is 0.275 e. The first kappa shape index (κ1) is 16.4. The van der Waals surface area contributed by atoms with Gasteiger partial charge in [0.2, 0.25) is 0 Å². The SMILES string of the molecule is COc1ccc(/C=N/NC(=O)c2ccc3occ(C)c3c2O)c(O)c1. The van der Waals surface area contributed by atoms with Crippen LogP contribution in [0.25, 0.3) is 11.0 Å². The number of rotatable bonds is 4. The fourth-order valence-electron chi connectivity index (χ4n) is 2.43. The molecule has 0 fully saturated rings. The molecule has 0 radical (unpaired) electrons. The summed E-state index contributed by atoms with van der Waals surface area (Å²) in [5.74, 6) is -0.268. The normalized spacial score (nSPS) is 11.1. The van der Waals surface area contributed by atoms with E-state index in [0.29, 0.717) is 22.3 Å². The molecular formula is C18H16N2O5. The number of carbonyl (C=O) groups is 1. The summed E-state index contributed by atoms with van der Waals surface area (Å²) in [6, 6.07) is 7.75. The number of carbonyl (C=O) groups excluding carboxylic acids is 1. The Kier molecular flexibility index (Phi) is 4.30. The molecule has 0 bridgehead atoms. The van der Waals surface area contributed by atoms with Crippen LogP contribution in [0.4, 0.5) is 0 Å². The van der Waals surface area contributed by atoms with Gasteiger partial charge in [-0.15, -0.1) is 0 Å². The summed E-state index contributed by atoms with van der Waals surface area (Å²) in [4.78, 5) is 12.2. The van der Waals surface area contributed by atoms with Crippen LogP contribution in [0.15, 0.2) is 46.1 Å². The number of hydrogen-bond acceptors (Lipinski definition) is 6. The Morgan fingerprint density at radius 2 is 2.08 bits per heavy atom. The van der Waals surface area contributed by atoms with Crippen molar-refractivity contribution in [2.24, 2.45) is 5.10 Å². The number of nitrogens with one attached hydrogen (secondary N) is 1. The third-order valence-electron chi connectivity index (χ3n) is 3.75. The molecule has 0 saturated heterocycles. The Hall–Kier alpha value is -3.48. The van der Waals surface area contributed by atoms with Crippen LogP contribution in [0.3, 0.4) is 0 Å². The van der Waals surface area contributed by atoms with Gasteiger partial charge in [0.1, 0.15) is 22.8 Å². The minimum Gasteiger partial charge on any atom is -0.507 e. The molecule has 3 aromatic rings. The molecule has 1 heterocycles. The molecule has 0 aliphatic heterocycles. The highest BCUT2D eigenvalue weighted by Crippen LogP contribution is 2.32. The molecule has 0 aliphatic carbocycles. The molecule has 0 aliphatic rings. The average Bonchev–Trinajstić information content (AvgIpc) is 2.98. The highest BCUT2D eigenvalue weighted by molar-refractivity contribution is 6.03. The summed E-state index contributed by atoms with van der Waals surface area (Å²) in [5, 5.41) is 24.4. The molecule has 2 aromatic carbocycles. The highest BCUT2D eigenvalue weighted by Gasteiger charge is 2.16. The van der Waals surface area contributed by atoms with E-state index in [1.165, 1.54) is 31.7 Å². The molecular weight excluding hydrogens is 324 g/mol. The van der Waals surface area contributed by atoms with Crippen LogP contribution in [0.5, 0.6) is 17.2 Å². The largest absolute Gasteiger partial charge is 0.507 e. The van der Waals surface area contributed by atoms with Crippen molar-refractivity contribution in [2.75, 3.05) is 7.11 Å². The van der Waals surface area contributed by atoms with E-state index in [-0.39, 0.29) is 17.1 Å². The number of hydrogen-bond donors (Lipinski definition) is 3. The minimum atomic E-state index is -0.579. The van der Waals surface area contributed by atoms with Gasteiger partial charge in [-0.2, -0.15) is 5.10 Å². The van der Waals surface area contributed by atoms with Crippen LogP contribution in [0.2, 0.25) is 0 Å². The van der Waals surface area contributed by atoms with Crippen molar-refractivity contribution in [1.82, 2.24) is 5.43 Å². The van der Waals surface area contributed by atoms with E-state index in [0.717, 1.165) is 5.56 Å². The number of phenols is 2. The lowest BCUT2D eigenvalue weighted by Crippen LogP contribution is -2.17. The Morgan fingerprint density at radius 3 is 2.80 bits per heavy atom. The van der Waals surface area contributed by atoms with Crippen LogP contribution in [0.1, 0.15) is 21.5 Å². The molecule has 128 valence electrons. The lowest BCUT2D eigenvalue weighted by molar-refractivity contribution is 0.0952. The average molecular weight is 340 g/mol. The number of amides is 1. The van der Waals surface area contributed by atoms with E-state index >= 15 is 0 Å². The van der Waals surface area contributed by atoms with Gasteiger partial charge < -0.3 is 19.4 Å². The molecule has 7 heteroatoms. The zero-order valence-corrected chi connectivity index (χ0v) is 13.6. The number of aryl methyl sites for hydroxylation is 1. The zero-order chi connectivity index (χ0) is 18.0. The summed E-state index contributed by atoms with van der Waals surface area (Å²) in [6.07, 6.45) is 2.81. The number of ether oxygens (including phenoxy) is 1. The van der Waals surface area contributed by atoms with Crippen LogP contribution in [-0.2, 0) is 0 Å². The first-order valence-corrected chi connectivity index (χ1v) is 7.41. The number of methoxy groups -OCH3 is 1. The van der Waals surface area contributed by atoms with Gasteiger partial charge >= 0.3 is 0 Å². The molecule has 0 atom stereocenters. The third-order valence-corrected chi connectivity index (χ3v) is 3.75. The third kappa shape index (κ3) is 3.12. The monoisotopic (exact) mass is 340 g/mol. The lowest BCUT2D eigenvalue weighted by Gasteiger charge is -2.05. The van der Waals surface area contributed by atoms with Crippen LogP contribution in [-0.4, -0.2) is 29.4 Å². The molecule has 7 nitrogen and oxygen atoms in total. The first-order chi connectivity index (χ1) is 12.0. The van der Waals surface area contributed by atoms with Gasteiger partial charge in [-0.1, -0.05) is 0 Å². The lowest BCUT2D eigenvalue weighted by atomic mass is 10.1. The maximum absolute atomic E-state index is 12.2. The van der Waals surface area contributed by atoms with Gasteiger partial charge in [0.05, 0.1) is 30.5 Å². The van der Waals surface area contributed by atoms with Gasteiger partial charge in [0.15, 0.2) is 0 Å². The second kappa shape index (κ2) is 6.56. The number of benzene rings is 2. The Bertz CT molecular complexity index is 975. The van der Waals surface area contributed by atoms with Gasteiger partial charge in [-0.3, -0.25) is 4.79 Å². The van der Waals surface area contributed by atoms with E-state index in [2.05, 4.69) is 10.5 Å². The number of phenolic OH excluding ortho intramolecular Hbond substituents is 2. The molecule has 3 N–H and O–H groups in total. The van der Waals surface area contributed by atoms with E-state index in [1.54, 1.807) is 25.1 Å². The van der Waals surface area contributed by atoms with Crippen molar-refractivity contribution in [1.29, 1.82) is 0 Å². The molecule has 25 heavy (non-hydrogen) atoms. The molecule has 0 spiro atoms. The van der Waals surface area contributed by atoms with Crippen molar-refractivity contribution in [3.63, 3.8) is 0 Å². The van der Waals surface area contributed by atoms with Crippen LogP contribution in [0, 0.1) is 6.92 Å². The number of hydrazone groups is 1. The zero-order valence-electron chi connectivity index (χ0n) is 13.6. The Balaban J connectivity index is 1.79. The molecule has 1 amide bonds.